The molecule has 1 fully saturated rings. The smallest absolute Gasteiger partial charge is 0.266 e. The molecule has 1 amide bonds. The minimum Gasteiger partial charge on any atom is -0.423 e. The van der Waals surface area contributed by atoms with E-state index in [4.69, 9.17) is 9.15 Å². The lowest BCUT2D eigenvalue weighted by molar-refractivity contribution is 0.0677. The average Bonchev–Trinajstić information content (AvgIpc) is 3.24. The molecule has 0 saturated carbocycles. The molecule has 1 saturated heterocycles. The molecule has 1 aliphatic rings. The first-order chi connectivity index (χ1) is 11.9. The van der Waals surface area contributed by atoms with Crippen LogP contribution in [0.1, 0.15) is 58.5 Å². The van der Waals surface area contributed by atoms with Crippen molar-refractivity contribution >= 4 is 17.2 Å². The Kier molecular flexibility index (Phi) is 5.19. The van der Waals surface area contributed by atoms with Gasteiger partial charge in [-0.2, -0.15) is 0 Å². The standard InChI is InChI=1S/C17H24N4O3S/c1-9(2)6-13-15(25-11(4)18-13)17(22)21-8-12(23-5)7-14(21)16-20-19-10(3)24-16/h9,12,14H,6-8H2,1-5H3/t12-,14+/m0/s1. The predicted molar refractivity (Wildman–Crippen MR) is 93.6 cm³/mol. The molecule has 3 rings (SSSR count). The van der Waals surface area contributed by atoms with Crippen molar-refractivity contribution in [3.63, 3.8) is 0 Å². The molecule has 2 aromatic heterocycles. The number of carbonyl (C=O) groups excluding carboxylic acids is 1. The highest BCUT2D eigenvalue weighted by Crippen LogP contribution is 2.35. The molecule has 3 heterocycles. The van der Waals surface area contributed by atoms with Crippen molar-refractivity contribution in [2.75, 3.05) is 13.7 Å². The number of aryl methyl sites for hydroxylation is 2. The fourth-order valence-corrected chi connectivity index (χ4v) is 4.07. The van der Waals surface area contributed by atoms with Gasteiger partial charge in [-0.05, 0) is 19.3 Å². The van der Waals surface area contributed by atoms with Gasteiger partial charge in [0.25, 0.3) is 5.91 Å². The van der Waals surface area contributed by atoms with E-state index in [9.17, 15) is 4.79 Å². The number of nitrogens with zero attached hydrogens (tertiary/aromatic N) is 4. The zero-order chi connectivity index (χ0) is 18.1. The summed E-state index contributed by atoms with van der Waals surface area (Å²) in [4.78, 5) is 20.3. The largest absolute Gasteiger partial charge is 0.423 e. The number of thiazole rings is 1. The zero-order valence-corrected chi connectivity index (χ0v) is 16.1. The molecule has 0 spiro atoms. The van der Waals surface area contributed by atoms with Gasteiger partial charge in [-0.1, -0.05) is 13.8 Å². The Hall–Kier alpha value is -1.80. The van der Waals surface area contributed by atoms with Gasteiger partial charge in [-0.3, -0.25) is 4.79 Å². The lowest BCUT2D eigenvalue weighted by atomic mass is 10.1. The van der Waals surface area contributed by atoms with Crippen LogP contribution in [0.3, 0.4) is 0 Å². The topological polar surface area (TPSA) is 81.4 Å². The molecule has 2 aromatic rings. The van der Waals surface area contributed by atoms with Crippen molar-refractivity contribution in [2.45, 2.75) is 52.7 Å². The third-order valence-corrected chi connectivity index (χ3v) is 5.28. The number of likely N-dealkylation sites (tertiary alicyclic amines) is 1. The Morgan fingerprint density at radius 1 is 1.40 bits per heavy atom. The van der Waals surface area contributed by atoms with Gasteiger partial charge in [0.05, 0.1) is 16.8 Å². The van der Waals surface area contributed by atoms with Crippen LogP contribution in [0.25, 0.3) is 0 Å². The molecule has 7 nitrogen and oxygen atoms in total. The van der Waals surface area contributed by atoms with Gasteiger partial charge in [0, 0.05) is 27.0 Å². The second-order valence-corrected chi connectivity index (χ2v) is 8.04. The summed E-state index contributed by atoms with van der Waals surface area (Å²) in [6.45, 7) is 8.46. The normalized spacial score (nSPS) is 20.6. The van der Waals surface area contributed by atoms with E-state index >= 15 is 0 Å². The summed E-state index contributed by atoms with van der Waals surface area (Å²) in [5.74, 6) is 1.38. The summed E-state index contributed by atoms with van der Waals surface area (Å²) >= 11 is 1.45. The minimum absolute atomic E-state index is 0.0262. The van der Waals surface area contributed by atoms with E-state index in [1.807, 2.05) is 6.92 Å². The van der Waals surface area contributed by atoms with Gasteiger partial charge >= 0.3 is 0 Å². The maximum atomic E-state index is 13.3. The highest BCUT2D eigenvalue weighted by Gasteiger charge is 2.41. The highest BCUT2D eigenvalue weighted by atomic mass is 32.1. The Balaban J connectivity index is 1.91. The molecule has 0 unspecified atom stereocenters. The van der Waals surface area contributed by atoms with E-state index in [0.29, 0.717) is 35.5 Å². The van der Waals surface area contributed by atoms with Crippen molar-refractivity contribution in [1.29, 1.82) is 0 Å². The average molecular weight is 364 g/mol. The van der Waals surface area contributed by atoms with Crippen LogP contribution >= 0.6 is 11.3 Å². The first kappa shape index (κ1) is 18.0. The summed E-state index contributed by atoms with van der Waals surface area (Å²) in [6, 6.07) is -0.257. The van der Waals surface area contributed by atoms with Crippen molar-refractivity contribution in [3.8, 4) is 0 Å². The molecule has 8 heteroatoms. The second kappa shape index (κ2) is 7.21. The number of aromatic nitrogens is 3. The zero-order valence-electron chi connectivity index (χ0n) is 15.3. The van der Waals surface area contributed by atoms with E-state index in [0.717, 1.165) is 17.1 Å². The number of amides is 1. The number of carbonyl (C=O) groups is 1. The molecule has 25 heavy (non-hydrogen) atoms. The molecule has 0 aliphatic carbocycles. The summed E-state index contributed by atoms with van der Waals surface area (Å²) in [6.07, 6.45) is 1.40. The SMILES string of the molecule is CO[C@H]1C[C@H](c2nnc(C)o2)N(C(=O)c2sc(C)nc2CC(C)C)C1. The maximum Gasteiger partial charge on any atom is 0.266 e. The predicted octanol–water partition coefficient (Wildman–Crippen LogP) is 2.94. The van der Waals surface area contributed by atoms with Crippen LogP contribution in [-0.2, 0) is 11.2 Å². The Morgan fingerprint density at radius 3 is 2.76 bits per heavy atom. The molecule has 2 atom stereocenters. The molecule has 0 bridgehead atoms. The Labute approximate surface area is 151 Å². The fourth-order valence-electron chi connectivity index (χ4n) is 3.17. The molecular weight excluding hydrogens is 340 g/mol. The molecule has 0 N–H and O–H groups in total. The van der Waals surface area contributed by atoms with Crippen LogP contribution in [0, 0.1) is 19.8 Å². The quantitative estimate of drug-likeness (QED) is 0.811. The van der Waals surface area contributed by atoms with Gasteiger partial charge in [-0.15, -0.1) is 21.5 Å². The first-order valence-corrected chi connectivity index (χ1v) is 9.30. The summed E-state index contributed by atoms with van der Waals surface area (Å²) < 4.78 is 11.1. The lowest BCUT2D eigenvalue weighted by Gasteiger charge is -2.21. The Bertz CT molecular complexity index is 755. The van der Waals surface area contributed by atoms with Crippen LogP contribution in [0.15, 0.2) is 4.42 Å². The van der Waals surface area contributed by atoms with E-state index in [2.05, 4.69) is 29.0 Å². The number of rotatable bonds is 5. The van der Waals surface area contributed by atoms with Crippen molar-refractivity contribution in [2.24, 2.45) is 5.92 Å². The third-order valence-electron chi connectivity index (χ3n) is 4.28. The van der Waals surface area contributed by atoms with Crippen LogP contribution in [0.5, 0.6) is 0 Å². The molecule has 136 valence electrons. The molecule has 0 aromatic carbocycles. The second-order valence-electron chi connectivity index (χ2n) is 6.83. The van der Waals surface area contributed by atoms with Crippen molar-refractivity contribution in [3.05, 3.63) is 27.4 Å². The molecular formula is C17H24N4O3S. The van der Waals surface area contributed by atoms with Crippen molar-refractivity contribution < 1.29 is 13.9 Å². The minimum atomic E-state index is -0.257. The van der Waals surface area contributed by atoms with Crippen LogP contribution < -0.4 is 0 Å². The Morgan fingerprint density at radius 2 is 2.16 bits per heavy atom. The van der Waals surface area contributed by atoms with Gasteiger partial charge in [0.1, 0.15) is 10.9 Å². The lowest BCUT2D eigenvalue weighted by Crippen LogP contribution is -2.32. The highest BCUT2D eigenvalue weighted by molar-refractivity contribution is 7.13. The molecule has 1 aliphatic heterocycles. The summed E-state index contributed by atoms with van der Waals surface area (Å²) in [5, 5.41) is 8.93. The van der Waals surface area contributed by atoms with Crippen LogP contribution in [-0.4, -0.2) is 45.7 Å². The maximum absolute atomic E-state index is 13.3. The number of hydrogen-bond acceptors (Lipinski definition) is 7. The number of ether oxygens (including phenoxy) is 1. The summed E-state index contributed by atoms with van der Waals surface area (Å²) in [7, 11) is 1.66. The third kappa shape index (κ3) is 3.74. The van der Waals surface area contributed by atoms with Crippen LogP contribution in [0.2, 0.25) is 0 Å². The number of hydrogen-bond donors (Lipinski definition) is 0. The van der Waals surface area contributed by atoms with Gasteiger partial charge in [0.2, 0.25) is 11.8 Å². The number of methoxy groups -OCH3 is 1. The van der Waals surface area contributed by atoms with E-state index < -0.39 is 0 Å². The molecule has 0 radical (unpaired) electrons. The monoisotopic (exact) mass is 364 g/mol. The first-order valence-electron chi connectivity index (χ1n) is 8.49. The van der Waals surface area contributed by atoms with Gasteiger partial charge < -0.3 is 14.1 Å². The van der Waals surface area contributed by atoms with Crippen LogP contribution in [0.4, 0.5) is 0 Å². The van der Waals surface area contributed by atoms with E-state index in [1.54, 1.807) is 18.9 Å². The fraction of sp³-hybridized carbons (Fsp3) is 0.647. The summed E-state index contributed by atoms with van der Waals surface area (Å²) in [5.41, 5.74) is 0.879. The van der Waals surface area contributed by atoms with Gasteiger partial charge in [-0.25, -0.2) is 4.98 Å². The van der Waals surface area contributed by atoms with E-state index in [1.165, 1.54) is 11.3 Å². The van der Waals surface area contributed by atoms with E-state index in [-0.39, 0.29) is 18.1 Å². The van der Waals surface area contributed by atoms with Crippen molar-refractivity contribution in [1.82, 2.24) is 20.1 Å². The van der Waals surface area contributed by atoms with Gasteiger partial charge in [0.15, 0.2) is 0 Å².